The van der Waals surface area contributed by atoms with Crippen molar-refractivity contribution in [3.05, 3.63) is 0 Å². The van der Waals surface area contributed by atoms with E-state index in [4.69, 9.17) is 0 Å². The van der Waals surface area contributed by atoms with Crippen molar-refractivity contribution >= 4 is 17.8 Å². The largest absolute Gasteiger partial charge is 0.331 e. The van der Waals surface area contributed by atoms with Crippen molar-refractivity contribution in [1.82, 2.24) is 9.80 Å². The molecule has 1 saturated heterocycles. The van der Waals surface area contributed by atoms with Gasteiger partial charge in [-0.1, -0.05) is 32.6 Å². The van der Waals surface area contributed by atoms with Crippen molar-refractivity contribution in [3.8, 4) is 6.07 Å². The Labute approximate surface area is 126 Å². The summed E-state index contributed by atoms with van der Waals surface area (Å²) in [6, 6.07) is 1.51. The van der Waals surface area contributed by atoms with E-state index in [0.29, 0.717) is 0 Å². The number of carbonyl (C=O) groups is 2. The van der Waals surface area contributed by atoms with Crippen molar-refractivity contribution in [2.45, 2.75) is 52.0 Å². The molecule has 116 valence electrons. The fourth-order valence-electron chi connectivity index (χ4n) is 2.35. The number of amides is 3. The fourth-order valence-corrected chi connectivity index (χ4v) is 2.35. The van der Waals surface area contributed by atoms with Gasteiger partial charge in [-0.05, 0) is 13.3 Å². The van der Waals surface area contributed by atoms with Gasteiger partial charge in [-0.2, -0.15) is 5.26 Å². The van der Waals surface area contributed by atoms with Crippen LogP contribution in [-0.4, -0.2) is 47.7 Å². The summed E-state index contributed by atoms with van der Waals surface area (Å²) in [4.78, 5) is 30.6. The molecule has 2 unspecified atom stereocenters. The minimum atomic E-state index is -0.990. The maximum Gasteiger partial charge on any atom is 0.331 e. The third-order valence-electron chi connectivity index (χ3n) is 3.71. The number of rotatable bonds is 6. The summed E-state index contributed by atoms with van der Waals surface area (Å²) in [6.45, 7) is 4.11. The minimum Gasteiger partial charge on any atom is -0.283 e. The van der Waals surface area contributed by atoms with E-state index in [2.05, 4.69) is 11.9 Å². The summed E-state index contributed by atoms with van der Waals surface area (Å²) >= 11 is 0. The zero-order valence-corrected chi connectivity index (χ0v) is 13.3. The van der Waals surface area contributed by atoms with Gasteiger partial charge in [-0.25, -0.2) is 4.79 Å². The van der Waals surface area contributed by atoms with Crippen LogP contribution >= 0.6 is 0 Å². The molecule has 0 aromatic carbocycles. The third-order valence-corrected chi connectivity index (χ3v) is 3.71. The number of urea groups is 1. The quantitative estimate of drug-likeness (QED) is 0.705. The molecule has 6 nitrogen and oxygen atoms in total. The topological polar surface area (TPSA) is 76.8 Å². The number of nitriles is 1. The van der Waals surface area contributed by atoms with E-state index in [1.807, 2.05) is 13.0 Å². The molecule has 1 fully saturated rings. The molecular weight excluding hydrogens is 268 g/mol. The predicted molar refractivity (Wildman–Crippen MR) is 80.7 cm³/mol. The number of hydrogen-bond acceptors (Lipinski definition) is 4. The molecule has 0 N–H and O–H groups in total. The predicted octanol–water partition coefficient (Wildman–Crippen LogP) is 2.41. The van der Waals surface area contributed by atoms with Crippen LogP contribution in [0, 0.1) is 17.2 Å². The van der Waals surface area contributed by atoms with Crippen LogP contribution < -0.4 is 0 Å². The molecule has 1 aliphatic rings. The van der Waals surface area contributed by atoms with Gasteiger partial charge >= 0.3 is 6.03 Å². The number of aliphatic imine (C=N–C) groups is 1. The highest BCUT2D eigenvalue weighted by atomic mass is 16.2. The van der Waals surface area contributed by atoms with Crippen molar-refractivity contribution in [2.24, 2.45) is 10.9 Å². The molecule has 21 heavy (non-hydrogen) atoms. The Hall–Kier alpha value is -1.90. The van der Waals surface area contributed by atoms with Gasteiger partial charge in [0.25, 0.3) is 5.91 Å². The van der Waals surface area contributed by atoms with Crippen LogP contribution in [-0.2, 0) is 4.79 Å². The van der Waals surface area contributed by atoms with E-state index in [-0.39, 0.29) is 11.9 Å². The van der Waals surface area contributed by atoms with Gasteiger partial charge in [-0.15, -0.1) is 0 Å². The molecule has 2 atom stereocenters. The number of hydrogen-bond donors (Lipinski definition) is 0. The van der Waals surface area contributed by atoms with Crippen molar-refractivity contribution < 1.29 is 9.59 Å². The molecule has 6 heteroatoms. The first-order chi connectivity index (χ1) is 9.93. The number of carbonyl (C=O) groups excluding carboxylic acids is 2. The molecule has 1 rings (SSSR count). The number of imide groups is 1. The average Bonchev–Trinajstić information content (AvgIpc) is 2.47. The van der Waals surface area contributed by atoms with E-state index in [1.165, 1.54) is 24.8 Å². The maximum absolute atomic E-state index is 12.0. The van der Waals surface area contributed by atoms with E-state index < -0.39 is 17.9 Å². The number of nitrogens with zero attached hydrogens (tertiary/aromatic N) is 4. The van der Waals surface area contributed by atoms with Crippen molar-refractivity contribution in [3.63, 3.8) is 0 Å². The summed E-state index contributed by atoms with van der Waals surface area (Å²) in [5.41, 5.74) is 0. The van der Waals surface area contributed by atoms with Gasteiger partial charge in [0.15, 0.2) is 5.92 Å². The smallest absolute Gasteiger partial charge is 0.283 e. The zero-order valence-electron chi connectivity index (χ0n) is 13.3. The van der Waals surface area contributed by atoms with Crippen LogP contribution in [0.15, 0.2) is 4.99 Å². The molecule has 1 heterocycles. The Morgan fingerprint density at radius 1 is 1.24 bits per heavy atom. The molecular formula is C15H24N4O2. The molecule has 0 spiro atoms. The van der Waals surface area contributed by atoms with Crippen LogP contribution in [0.2, 0.25) is 0 Å². The Balaban J connectivity index is 2.81. The van der Waals surface area contributed by atoms with Gasteiger partial charge in [-0.3, -0.25) is 19.6 Å². The van der Waals surface area contributed by atoms with Gasteiger partial charge in [0, 0.05) is 20.1 Å². The number of unbranched alkanes of at least 4 members (excludes halogenated alkanes) is 3. The van der Waals surface area contributed by atoms with Crippen LogP contribution in [0.1, 0.15) is 46.0 Å². The van der Waals surface area contributed by atoms with E-state index in [1.54, 1.807) is 7.05 Å². The first-order valence-electron chi connectivity index (χ1n) is 7.46. The standard InChI is InChI=1S/C15H24N4O2/c1-5-6-7-8-9-11(2)17-13-12(10-16)14(20)19(4)15(21)18(13)3/h11-12H,5-9H2,1-4H3. The molecule has 1 aliphatic heterocycles. The second-order valence-corrected chi connectivity index (χ2v) is 5.49. The maximum atomic E-state index is 12.0. The van der Waals surface area contributed by atoms with Crippen LogP contribution in [0.3, 0.4) is 0 Å². The molecule has 0 radical (unpaired) electrons. The third kappa shape index (κ3) is 4.03. The summed E-state index contributed by atoms with van der Waals surface area (Å²) in [6.07, 6.45) is 5.50. The minimum absolute atomic E-state index is 0.000776. The molecule has 0 aliphatic carbocycles. The van der Waals surface area contributed by atoms with Gasteiger partial charge in [0.2, 0.25) is 0 Å². The highest BCUT2D eigenvalue weighted by molar-refractivity contribution is 6.19. The molecule has 0 saturated carbocycles. The summed E-state index contributed by atoms with van der Waals surface area (Å²) in [5, 5.41) is 9.20. The number of amidine groups is 1. The molecule has 0 aromatic rings. The molecule has 0 aromatic heterocycles. The van der Waals surface area contributed by atoms with Crippen molar-refractivity contribution in [1.29, 1.82) is 5.26 Å². The summed E-state index contributed by atoms with van der Waals surface area (Å²) < 4.78 is 0. The van der Waals surface area contributed by atoms with E-state index in [9.17, 15) is 14.9 Å². The van der Waals surface area contributed by atoms with Gasteiger partial charge < -0.3 is 0 Å². The molecule has 0 bridgehead atoms. The zero-order chi connectivity index (χ0) is 16.0. The molecule has 3 amide bonds. The van der Waals surface area contributed by atoms with Crippen molar-refractivity contribution in [2.75, 3.05) is 14.1 Å². The first kappa shape index (κ1) is 17.2. The Morgan fingerprint density at radius 3 is 2.48 bits per heavy atom. The van der Waals surface area contributed by atoms with Crippen LogP contribution in [0.25, 0.3) is 0 Å². The highest BCUT2D eigenvalue weighted by Gasteiger charge is 2.41. The Bertz CT molecular complexity index is 467. The second kappa shape index (κ2) is 7.77. The van der Waals surface area contributed by atoms with Crippen LogP contribution in [0.4, 0.5) is 4.79 Å². The fraction of sp³-hybridized carbons (Fsp3) is 0.733. The lowest BCUT2D eigenvalue weighted by Gasteiger charge is -2.33. The Morgan fingerprint density at radius 2 is 1.90 bits per heavy atom. The SMILES string of the molecule is CCCCCCC(C)N=C1C(C#N)C(=O)N(C)C(=O)N1C. The van der Waals surface area contributed by atoms with Crippen LogP contribution in [0.5, 0.6) is 0 Å². The summed E-state index contributed by atoms with van der Waals surface area (Å²) in [7, 11) is 2.94. The average molecular weight is 292 g/mol. The van der Waals surface area contributed by atoms with E-state index >= 15 is 0 Å². The summed E-state index contributed by atoms with van der Waals surface area (Å²) in [5.74, 6) is -1.22. The highest BCUT2D eigenvalue weighted by Crippen LogP contribution is 2.18. The van der Waals surface area contributed by atoms with Gasteiger partial charge in [0.05, 0.1) is 6.07 Å². The van der Waals surface area contributed by atoms with E-state index in [0.717, 1.165) is 24.2 Å². The normalized spacial score (nSPS) is 22.6. The first-order valence-corrected chi connectivity index (χ1v) is 7.46. The monoisotopic (exact) mass is 292 g/mol. The van der Waals surface area contributed by atoms with Gasteiger partial charge in [0.1, 0.15) is 5.84 Å². The Kier molecular flexibility index (Phi) is 6.35. The lowest BCUT2D eigenvalue weighted by atomic mass is 10.0. The lowest BCUT2D eigenvalue weighted by molar-refractivity contribution is -0.129. The lowest BCUT2D eigenvalue weighted by Crippen LogP contribution is -2.56. The second-order valence-electron chi connectivity index (χ2n) is 5.49.